The molecule has 0 atom stereocenters. The van der Waals surface area contributed by atoms with E-state index in [1.807, 2.05) is 56.9 Å². The minimum absolute atomic E-state index is 0.0262. The van der Waals surface area contributed by atoms with Crippen molar-refractivity contribution < 1.29 is 9.59 Å². The monoisotopic (exact) mass is 434 g/mol. The third kappa shape index (κ3) is 4.50. The summed E-state index contributed by atoms with van der Waals surface area (Å²) < 4.78 is 1.73. The summed E-state index contributed by atoms with van der Waals surface area (Å²) in [6.07, 6.45) is 2.47. The van der Waals surface area contributed by atoms with Gasteiger partial charge in [-0.2, -0.15) is 5.10 Å². The molecule has 0 aliphatic carbocycles. The molecule has 1 saturated heterocycles. The zero-order chi connectivity index (χ0) is 22.8. The molecule has 32 heavy (non-hydrogen) atoms. The summed E-state index contributed by atoms with van der Waals surface area (Å²) in [5, 5.41) is 7.49. The summed E-state index contributed by atoms with van der Waals surface area (Å²) in [7, 11) is 0. The number of nitrogens with one attached hydrogen (secondary N) is 1. The summed E-state index contributed by atoms with van der Waals surface area (Å²) in [5.74, 6) is -0.0615. The maximum absolute atomic E-state index is 13.2. The summed E-state index contributed by atoms with van der Waals surface area (Å²) >= 11 is 0. The Morgan fingerprint density at radius 2 is 1.78 bits per heavy atom. The van der Waals surface area contributed by atoms with E-state index in [1.54, 1.807) is 10.7 Å². The molecule has 1 aliphatic heterocycles. The molecule has 1 fully saturated rings. The number of hydrogen-bond acceptors (Lipinski definition) is 5. The quantitative estimate of drug-likeness (QED) is 0.683. The van der Waals surface area contributed by atoms with Gasteiger partial charge in [-0.3, -0.25) is 14.5 Å². The van der Waals surface area contributed by atoms with Crippen molar-refractivity contribution in [2.75, 3.05) is 38.0 Å². The summed E-state index contributed by atoms with van der Waals surface area (Å²) in [6, 6.07) is 7.88. The molecule has 168 valence electrons. The average molecular weight is 435 g/mol. The normalized spacial score (nSPS) is 15.1. The number of carbonyl (C=O) groups excluding carboxylic acids is 2. The average Bonchev–Trinajstić information content (AvgIpc) is 2.98. The van der Waals surface area contributed by atoms with E-state index < -0.39 is 0 Å². The standard InChI is InChI=1S/C24H30N6O2/c1-16-7-5-8-17(2)23(16)26-22(31)15-28-9-6-10-29(12-11-28)24(32)20-14-25-21-13-18(3)27-30(21)19(20)4/h5,7-8,13-14H,6,9-12,15H2,1-4H3,(H,26,31). The van der Waals surface area contributed by atoms with E-state index in [4.69, 9.17) is 0 Å². The van der Waals surface area contributed by atoms with Crippen molar-refractivity contribution >= 4 is 23.1 Å². The number of benzene rings is 1. The Labute approximate surface area is 188 Å². The summed E-state index contributed by atoms with van der Waals surface area (Å²) in [6.45, 7) is 10.8. The minimum Gasteiger partial charge on any atom is -0.337 e. The molecule has 4 rings (SSSR count). The van der Waals surface area contributed by atoms with Crippen molar-refractivity contribution in [1.29, 1.82) is 0 Å². The lowest BCUT2D eigenvalue weighted by Gasteiger charge is -2.22. The third-order valence-electron chi connectivity index (χ3n) is 6.07. The van der Waals surface area contributed by atoms with Gasteiger partial charge in [-0.15, -0.1) is 0 Å². The molecular formula is C24H30N6O2. The first-order valence-electron chi connectivity index (χ1n) is 11.0. The van der Waals surface area contributed by atoms with Gasteiger partial charge in [0.15, 0.2) is 5.65 Å². The lowest BCUT2D eigenvalue weighted by molar-refractivity contribution is -0.117. The van der Waals surface area contributed by atoms with E-state index >= 15 is 0 Å². The number of aromatic nitrogens is 3. The number of aryl methyl sites for hydroxylation is 4. The van der Waals surface area contributed by atoms with E-state index in [9.17, 15) is 9.59 Å². The number of carbonyl (C=O) groups is 2. The molecule has 3 heterocycles. The van der Waals surface area contributed by atoms with Gasteiger partial charge < -0.3 is 10.2 Å². The topological polar surface area (TPSA) is 82.8 Å². The van der Waals surface area contributed by atoms with Crippen LogP contribution in [0.5, 0.6) is 0 Å². The van der Waals surface area contributed by atoms with Gasteiger partial charge in [0.1, 0.15) is 0 Å². The lowest BCUT2D eigenvalue weighted by atomic mass is 10.1. The lowest BCUT2D eigenvalue weighted by Crippen LogP contribution is -2.38. The highest BCUT2D eigenvalue weighted by atomic mass is 16.2. The van der Waals surface area contributed by atoms with Crippen molar-refractivity contribution in [3.8, 4) is 0 Å². The zero-order valence-electron chi connectivity index (χ0n) is 19.2. The summed E-state index contributed by atoms with van der Waals surface area (Å²) in [4.78, 5) is 34.2. The van der Waals surface area contributed by atoms with Crippen LogP contribution in [-0.4, -0.2) is 68.9 Å². The molecule has 1 aromatic carbocycles. The van der Waals surface area contributed by atoms with Crippen molar-refractivity contribution in [1.82, 2.24) is 24.4 Å². The molecule has 2 aromatic heterocycles. The molecule has 1 N–H and O–H groups in total. The number of nitrogens with zero attached hydrogens (tertiary/aromatic N) is 5. The second-order valence-electron chi connectivity index (χ2n) is 8.55. The number of fused-ring (bicyclic) bond motifs is 1. The molecule has 8 heteroatoms. The minimum atomic E-state index is -0.0353. The second-order valence-corrected chi connectivity index (χ2v) is 8.55. The molecule has 3 aromatic rings. The third-order valence-corrected chi connectivity index (χ3v) is 6.07. The van der Waals surface area contributed by atoms with Crippen LogP contribution >= 0.6 is 0 Å². The first-order chi connectivity index (χ1) is 15.3. The van der Waals surface area contributed by atoms with Crippen LogP contribution in [-0.2, 0) is 4.79 Å². The number of amides is 2. The highest BCUT2D eigenvalue weighted by Gasteiger charge is 2.24. The zero-order valence-corrected chi connectivity index (χ0v) is 19.2. The van der Waals surface area contributed by atoms with Crippen molar-refractivity contribution in [3.05, 3.63) is 58.5 Å². The Balaban J connectivity index is 1.39. The first-order valence-corrected chi connectivity index (χ1v) is 11.0. The van der Waals surface area contributed by atoms with E-state index in [2.05, 4.69) is 20.3 Å². The number of hydrogen-bond donors (Lipinski definition) is 1. The summed E-state index contributed by atoms with van der Waals surface area (Å²) in [5.41, 5.74) is 5.97. The van der Waals surface area contributed by atoms with Crippen LogP contribution in [0.2, 0.25) is 0 Å². The second kappa shape index (κ2) is 9.08. The Morgan fingerprint density at radius 3 is 2.53 bits per heavy atom. The van der Waals surface area contributed by atoms with Gasteiger partial charge in [0, 0.05) is 44.1 Å². The smallest absolute Gasteiger partial charge is 0.257 e. The fourth-order valence-corrected chi connectivity index (χ4v) is 4.27. The molecular weight excluding hydrogens is 404 g/mol. The van der Waals surface area contributed by atoms with Gasteiger partial charge in [0.05, 0.1) is 23.5 Å². The molecule has 8 nitrogen and oxygen atoms in total. The number of anilines is 1. The molecule has 0 spiro atoms. The fourth-order valence-electron chi connectivity index (χ4n) is 4.27. The van der Waals surface area contributed by atoms with Gasteiger partial charge in [-0.1, -0.05) is 18.2 Å². The van der Waals surface area contributed by atoms with Crippen LogP contribution < -0.4 is 5.32 Å². The molecule has 1 aliphatic rings. The highest BCUT2D eigenvalue weighted by Crippen LogP contribution is 2.19. The maximum atomic E-state index is 13.2. The highest BCUT2D eigenvalue weighted by molar-refractivity contribution is 5.95. The van der Waals surface area contributed by atoms with Crippen LogP contribution in [0.25, 0.3) is 5.65 Å². The first kappa shape index (κ1) is 22.0. The van der Waals surface area contributed by atoms with Gasteiger partial charge in [0.25, 0.3) is 5.91 Å². The van der Waals surface area contributed by atoms with Gasteiger partial charge >= 0.3 is 0 Å². The predicted molar refractivity (Wildman–Crippen MR) is 124 cm³/mol. The van der Waals surface area contributed by atoms with Crippen LogP contribution in [0.15, 0.2) is 30.5 Å². The van der Waals surface area contributed by atoms with E-state index in [0.717, 1.165) is 46.8 Å². The van der Waals surface area contributed by atoms with Crippen molar-refractivity contribution in [2.45, 2.75) is 34.1 Å². The van der Waals surface area contributed by atoms with Crippen LogP contribution in [0.1, 0.15) is 39.3 Å². The van der Waals surface area contributed by atoms with Gasteiger partial charge in [-0.25, -0.2) is 9.50 Å². The molecule has 0 bridgehead atoms. The number of rotatable bonds is 4. The molecule has 0 saturated carbocycles. The SMILES string of the molecule is Cc1cc2ncc(C(=O)N3CCCN(CC(=O)Nc4c(C)cccc4C)CC3)c(C)n2n1. The Morgan fingerprint density at radius 1 is 1.03 bits per heavy atom. The molecule has 0 radical (unpaired) electrons. The van der Waals surface area contributed by atoms with Gasteiger partial charge in [-0.05, 0) is 45.2 Å². The van der Waals surface area contributed by atoms with E-state index in [0.29, 0.717) is 31.7 Å². The van der Waals surface area contributed by atoms with E-state index in [1.165, 1.54) is 0 Å². The largest absolute Gasteiger partial charge is 0.337 e. The number of para-hydroxylation sites is 1. The fraction of sp³-hybridized carbons (Fsp3) is 0.417. The van der Waals surface area contributed by atoms with Crippen LogP contribution in [0, 0.1) is 27.7 Å². The Hall–Kier alpha value is -3.26. The van der Waals surface area contributed by atoms with Crippen molar-refractivity contribution in [2.24, 2.45) is 0 Å². The maximum Gasteiger partial charge on any atom is 0.257 e. The molecule has 0 unspecified atom stereocenters. The van der Waals surface area contributed by atoms with E-state index in [-0.39, 0.29) is 11.8 Å². The van der Waals surface area contributed by atoms with Crippen molar-refractivity contribution in [3.63, 3.8) is 0 Å². The Bertz CT molecular complexity index is 1150. The Kier molecular flexibility index (Phi) is 6.23. The molecule has 2 amide bonds. The van der Waals surface area contributed by atoms with Crippen LogP contribution in [0.3, 0.4) is 0 Å². The van der Waals surface area contributed by atoms with Crippen LogP contribution in [0.4, 0.5) is 5.69 Å². The van der Waals surface area contributed by atoms with Gasteiger partial charge in [0.2, 0.25) is 5.91 Å². The predicted octanol–water partition coefficient (Wildman–Crippen LogP) is 2.75.